The summed E-state index contributed by atoms with van der Waals surface area (Å²) in [5.41, 5.74) is 7.68. The molecule has 0 bridgehead atoms. The lowest BCUT2D eigenvalue weighted by atomic mass is 9.92. The van der Waals surface area contributed by atoms with Crippen LogP contribution in [-0.2, 0) is 4.79 Å². The molecule has 4 heteroatoms. The molecule has 0 saturated heterocycles. The van der Waals surface area contributed by atoms with Gasteiger partial charge in [-0.3, -0.25) is 4.79 Å². The van der Waals surface area contributed by atoms with Gasteiger partial charge in [-0.1, -0.05) is 22.0 Å². The fraction of sp³-hybridized carbons (Fsp3) is 0.364. The van der Waals surface area contributed by atoms with E-state index in [1.807, 2.05) is 25.1 Å². The molecule has 3 N–H and O–H groups in total. The van der Waals surface area contributed by atoms with E-state index in [0.29, 0.717) is 6.54 Å². The Labute approximate surface area is 97.4 Å². The molecule has 15 heavy (non-hydrogen) atoms. The van der Waals surface area contributed by atoms with Gasteiger partial charge in [0, 0.05) is 10.4 Å². The first-order chi connectivity index (χ1) is 7.04. The highest BCUT2D eigenvalue weighted by atomic mass is 79.9. The maximum Gasteiger partial charge on any atom is 0.304 e. The second-order valence-corrected chi connectivity index (χ2v) is 4.45. The molecule has 3 nitrogen and oxygen atoms in total. The molecule has 1 aromatic carbocycles. The highest BCUT2D eigenvalue weighted by Gasteiger charge is 2.15. The van der Waals surface area contributed by atoms with Crippen molar-refractivity contribution in [3.05, 3.63) is 33.8 Å². The Balaban J connectivity index is 3.00. The fourth-order valence-electron chi connectivity index (χ4n) is 1.58. The number of halogens is 1. The summed E-state index contributed by atoms with van der Waals surface area (Å²) in [5.74, 6) is -0.926. The normalized spacial score (nSPS) is 12.5. The Morgan fingerprint density at radius 2 is 2.27 bits per heavy atom. The van der Waals surface area contributed by atoms with Crippen molar-refractivity contribution in [2.45, 2.75) is 19.3 Å². The summed E-state index contributed by atoms with van der Waals surface area (Å²) < 4.78 is 0.951. The molecule has 0 aliphatic heterocycles. The molecule has 1 rings (SSSR count). The number of nitrogens with two attached hydrogens (primary N) is 1. The minimum atomic E-state index is -0.815. The van der Waals surface area contributed by atoms with Gasteiger partial charge >= 0.3 is 5.97 Å². The van der Waals surface area contributed by atoms with Crippen molar-refractivity contribution < 1.29 is 9.90 Å². The quantitative estimate of drug-likeness (QED) is 0.883. The van der Waals surface area contributed by atoms with Crippen molar-refractivity contribution in [3.63, 3.8) is 0 Å². The van der Waals surface area contributed by atoms with Gasteiger partial charge in [-0.2, -0.15) is 0 Å². The number of rotatable bonds is 4. The van der Waals surface area contributed by atoms with Crippen LogP contribution in [0, 0.1) is 6.92 Å². The molecule has 82 valence electrons. The third kappa shape index (κ3) is 3.32. The summed E-state index contributed by atoms with van der Waals surface area (Å²) in [6.45, 7) is 2.32. The zero-order valence-corrected chi connectivity index (χ0v) is 10.1. The second kappa shape index (κ2) is 5.28. The fourth-order valence-corrected chi connectivity index (χ4v) is 1.96. The number of hydrogen-bond acceptors (Lipinski definition) is 2. The highest BCUT2D eigenvalue weighted by molar-refractivity contribution is 9.10. The van der Waals surface area contributed by atoms with Gasteiger partial charge in [0.15, 0.2) is 0 Å². The number of aliphatic carboxylic acids is 1. The topological polar surface area (TPSA) is 63.3 Å². The van der Waals surface area contributed by atoms with E-state index < -0.39 is 5.97 Å². The van der Waals surface area contributed by atoms with E-state index in [-0.39, 0.29) is 12.3 Å². The summed E-state index contributed by atoms with van der Waals surface area (Å²) in [5, 5.41) is 8.77. The first kappa shape index (κ1) is 12.2. The molecule has 0 radical (unpaired) electrons. The Bertz CT molecular complexity index is 366. The molecule has 0 aromatic heterocycles. The van der Waals surface area contributed by atoms with Crippen LogP contribution >= 0.6 is 15.9 Å². The van der Waals surface area contributed by atoms with Crippen molar-refractivity contribution in [1.82, 2.24) is 0 Å². The number of aryl methyl sites for hydroxylation is 1. The molecular formula is C11H14BrNO2. The number of carboxylic acid groups (broad SMARTS) is 1. The average molecular weight is 272 g/mol. The lowest BCUT2D eigenvalue weighted by molar-refractivity contribution is -0.137. The van der Waals surface area contributed by atoms with Gasteiger partial charge in [0.1, 0.15) is 0 Å². The Kier molecular flexibility index (Phi) is 4.29. The van der Waals surface area contributed by atoms with Crippen LogP contribution < -0.4 is 5.73 Å². The van der Waals surface area contributed by atoms with Gasteiger partial charge in [-0.15, -0.1) is 0 Å². The van der Waals surface area contributed by atoms with Crippen LogP contribution in [0.4, 0.5) is 0 Å². The largest absolute Gasteiger partial charge is 0.481 e. The minimum absolute atomic E-state index is 0.0772. The summed E-state index contributed by atoms with van der Waals surface area (Å²) in [4.78, 5) is 10.7. The predicted molar refractivity (Wildman–Crippen MR) is 62.9 cm³/mol. The molecule has 1 atom stereocenters. The number of benzene rings is 1. The number of carbonyl (C=O) groups is 1. The number of carboxylic acids is 1. The van der Waals surface area contributed by atoms with Crippen molar-refractivity contribution in [2.24, 2.45) is 5.73 Å². The van der Waals surface area contributed by atoms with Crippen LogP contribution in [0.1, 0.15) is 23.5 Å². The van der Waals surface area contributed by atoms with E-state index in [9.17, 15) is 4.79 Å². The van der Waals surface area contributed by atoms with Crippen LogP contribution in [-0.4, -0.2) is 17.6 Å². The Morgan fingerprint density at radius 3 is 2.80 bits per heavy atom. The summed E-state index contributed by atoms with van der Waals surface area (Å²) in [6, 6.07) is 5.84. The minimum Gasteiger partial charge on any atom is -0.481 e. The molecular weight excluding hydrogens is 258 g/mol. The maximum atomic E-state index is 10.7. The number of hydrogen-bond donors (Lipinski definition) is 2. The van der Waals surface area contributed by atoms with Gasteiger partial charge in [-0.25, -0.2) is 0 Å². The van der Waals surface area contributed by atoms with Crippen molar-refractivity contribution in [1.29, 1.82) is 0 Å². The van der Waals surface area contributed by atoms with Gasteiger partial charge in [0.2, 0.25) is 0 Å². The summed E-state index contributed by atoms with van der Waals surface area (Å²) in [6.07, 6.45) is 0.0772. The summed E-state index contributed by atoms with van der Waals surface area (Å²) in [7, 11) is 0. The van der Waals surface area contributed by atoms with Crippen molar-refractivity contribution in [3.8, 4) is 0 Å². The molecule has 0 heterocycles. The smallest absolute Gasteiger partial charge is 0.304 e. The standard InChI is InChI=1S/C11H14BrNO2/c1-7-2-3-9(12)5-10(7)8(6-13)4-11(14)15/h2-3,5,8H,4,6,13H2,1H3,(H,14,15). The zero-order chi connectivity index (χ0) is 11.4. The summed E-state index contributed by atoms with van der Waals surface area (Å²) >= 11 is 3.37. The van der Waals surface area contributed by atoms with Crippen LogP contribution in [0.2, 0.25) is 0 Å². The molecule has 0 fully saturated rings. The van der Waals surface area contributed by atoms with Crippen LogP contribution in [0.3, 0.4) is 0 Å². The van der Waals surface area contributed by atoms with E-state index >= 15 is 0 Å². The highest BCUT2D eigenvalue weighted by Crippen LogP contribution is 2.25. The van der Waals surface area contributed by atoms with E-state index in [0.717, 1.165) is 15.6 Å². The first-order valence-electron chi connectivity index (χ1n) is 4.72. The lowest BCUT2D eigenvalue weighted by Gasteiger charge is -2.15. The lowest BCUT2D eigenvalue weighted by Crippen LogP contribution is -2.17. The first-order valence-corrected chi connectivity index (χ1v) is 5.51. The molecule has 0 amide bonds. The van der Waals surface area contributed by atoms with E-state index in [1.165, 1.54) is 0 Å². The predicted octanol–water partition coefficient (Wildman–Crippen LogP) is 2.27. The molecule has 0 aliphatic rings. The third-order valence-electron chi connectivity index (χ3n) is 2.39. The van der Waals surface area contributed by atoms with Gasteiger partial charge < -0.3 is 10.8 Å². The van der Waals surface area contributed by atoms with Crippen molar-refractivity contribution in [2.75, 3.05) is 6.54 Å². The zero-order valence-electron chi connectivity index (χ0n) is 8.53. The van der Waals surface area contributed by atoms with E-state index in [2.05, 4.69) is 15.9 Å². The van der Waals surface area contributed by atoms with Crippen LogP contribution in [0.5, 0.6) is 0 Å². The molecule has 0 aliphatic carbocycles. The monoisotopic (exact) mass is 271 g/mol. The van der Waals surface area contributed by atoms with Gasteiger partial charge in [-0.05, 0) is 36.7 Å². The average Bonchev–Trinajstić information content (AvgIpc) is 2.18. The van der Waals surface area contributed by atoms with Crippen LogP contribution in [0.25, 0.3) is 0 Å². The molecule has 1 unspecified atom stereocenters. The molecule has 0 saturated carbocycles. The third-order valence-corrected chi connectivity index (χ3v) is 2.88. The van der Waals surface area contributed by atoms with Crippen molar-refractivity contribution >= 4 is 21.9 Å². The second-order valence-electron chi connectivity index (χ2n) is 3.53. The van der Waals surface area contributed by atoms with E-state index in [1.54, 1.807) is 0 Å². The van der Waals surface area contributed by atoms with Crippen LogP contribution in [0.15, 0.2) is 22.7 Å². The SMILES string of the molecule is Cc1ccc(Br)cc1C(CN)CC(=O)O. The van der Waals surface area contributed by atoms with Gasteiger partial charge in [0.25, 0.3) is 0 Å². The Morgan fingerprint density at radius 1 is 1.60 bits per heavy atom. The maximum absolute atomic E-state index is 10.7. The van der Waals surface area contributed by atoms with E-state index in [4.69, 9.17) is 10.8 Å². The Hall–Kier alpha value is -0.870. The molecule has 1 aromatic rings. The molecule has 0 spiro atoms. The van der Waals surface area contributed by atoms with Gasteiger partial charge in [0.05, 0.1) is 6.42 Å².